The third-order valence-corrected chi connectivity index (χ3v) is 13.0. The summed E-state index contributed by atoms with van der Waals surface area (Å²) in [7, 11) is 0. The van der Waals surface area contributed by atoms with E-state index >= 15 is 0 Å². The number of hydrogen-bond donors (Lipinski definition) is 0. The number of rotatable bonds is 4. The van der Waals surface area contributed by atoms with Crippen molar-refractivity contribution in [2.24, 2.45) is 0 Å². The molecule has 0 N–H and O–H groups in total. The van der Waals surface area contributed by atoms with Crippen molar-refractivity contribution in [2.75, 3.05) is 9.80 Å². The predicted molar refractivity (Wildman–Crippen MR) is 255 cm³/mol. The molecule has 9 aromatic rings. The van der Waals surface area contributed by atoms with E-state index in [0.29, 0.717) is 0 Å². The summed E-state index contributed by atoms with van der Waals surface area (Å²) in [6.45, 7) is 6.96. The van der Waals surface area contributed by atoms with Gasteiger partial charge < -0.3 is 9.80 Å². The van der Waals surface area contributed by atoms with Gasteiger partial charge in [-0.3, -0.25) is 0 Å². The number of para-hydroxylation sites is 4. The fourth-order valence-corrected chi connectivity index (χ4v) is 9.94. The van der Waals surface area contributed by atoms with E-state index < -0.39 is 0 Å². The van der Waals surface area contributed by atoms with Crippen molar-refractivity contribution < 1.29 is 0 Å². The lowest BCUT2D eigenvalue weighted by atomic mass is 9.81. The molecule has 2 nitrogen and oxygen atoms in total. The van der Waals surface area contributed by atoms with Gasteiger partial charge in [-0.25, -0.2) is 0 Å². The Morgan fingerprint density at radius 1 is 0.333 bits per heavy atom. The van der Waals surface area contributed by atoms with Crippen molar-refractivity contribution in [2.45, 2.75) is 51.9 Å². The summed E-state index contributed by atoms with van der Waals surface area (Å²) in [5.74, 6) is 0. The minimum Gasteiger partial charge on any atom is -0.310 e. The van der Waals surface area contributed by atoms with E-state index in [4.69, 9.17) is 0 Å². The van der Waals surface area contributed by atoms with Gasteiger partial charge in [0.05, 0.1) is 0 Å². The minimum absolute atomic E-state index is 0.00390. The topological polar surface area (TPSA) is 6.48 Å². The third-order valence-electron chi connectivity index (χ3n) is 13.0. The highest BCUT2D eigenvalue weighted by atomic mass is 15.2. The molecular weight excluding hydrogens is 725 g/mol. The molecule has 0 fully saturated rings. The van der Waals surface area contributed by atoms with Gasteiger partial charge in [0.2, 0.25) is 0 Å². The Balaban J connectivity index is 1.08. The molecule has 290 valence electrons. The molecular formula is C58H48N2. The van der Waals surface area contributed by atoms with E-state index in [1.54, 1.807) is 0 Å². The zero-order chi connectivity index (χ0) is 40.4. The lowest BCUT2D eigenvalue weighted by Gasteiger charge is -2.28. The molecule has 0 saturated carbocycles. The highest BCUT2D eigenvalue weighted by Gasteiger charge is 2.25. The van der Waals surface area contributed by atoms with Gasteiger partial charge in [0.15, 0.2) is 0 Å². The van der Waals surface area contributed by atoms with Crippen LogP contribution >= 0.6 is 0 Å². The Morgan fingerprint density at radius 3 is 1.05 bits per heavy atom. The fraction of sp³-hybridized carbons (Fsp3) is 0.138. The van der Waals surface area contributed by atoms with Crippen molar-refractivity contribution in [3.8, 4) is 22.3 Å². The molecule has 60 heavy (non-hydrogen) atoms. The molecule has 0 aromatic heterocycles. The standard InChI is InChI=1S/C58H48N2/c1-58(2,3)45-32-37-50-51(38-45)57(44-30-35-47(36-31-44)60-54-22-12-6-16-41(54)26-27-42-17-7-13-23-55(42)60)49-19-9-8-18-48(49)56(50)43-28-33-46(34-29-43)59-52-20-10-4-14-39(52)24-25-40-15-5-11-21-53(40)59/h4-23,28-38H,24-27H2,1-3H3. The SMILES string of the molecule is CC(C)(C)c1ccc2c(-c3ccc(N4c5ccccc5CCc5ccccc54)cc3)c3ccccc3c(-c3ccc(N4c5ccccc5CCc5ccccc54)cc3)c2c1. The number of hydrogen-bond acceptors (Lipinski definition) is 2. The summed E-state index contributed by atoms with van der Waals surface area (Å²) >= 11 is 0. The maximum atomic E-state index is 2.47. The van der Waals surface area contributed by atoms with Gasteiger partial charge in [0.1, 0.15) is 0 Å². The molecule has 2 aliphatic heterocycles. The monoisotopic (exact) mass is 772 g/mol. The maximum Gasteiger partial charge on any atom is 0.0493 e. The average molecular weight is 773 g/mol. The van der Waals surface area contributed by atoms with Gasteiger partial charge in [-0.2, -0.15) is 0 Å². The molecule has 0 atom stereocenters. The van der Waals surface area contributed by atoms with Crippen LogP contribution in [-0.4, -0.2) is 0 Å². The van der Waals surface area contributed by atoms with E-state index in [-0.39, 0.29) is 5.41 Å². The summed E-state index contributed by atoms with van der Waals surface area (Å²) in [6.07, 6.45) is 4.13. The summed E-state index contributed by atoms with van der Waals surface area (Å²) in [4.78, 5) is 4.92. The van der Waals surface area contributed by atoms with Crippen LogP contribution in [-0.2, 0) is 31.1 Å². The number of aryl methyl sites for hydroxylation is 4. The summed E-state index contributed by atoms with van der Waals surface area (Å²) in [6, 6.07) is 70.5. The lowest BCUT2D eigenvalue weighted by Crippen LogP contribution is -2.11. The lowest BCUT2D eigenvalue weighted by molar-refractivity contribution is 0.591. The van der Waals surface area contributed by atoms with Crippen LogP contribution in [0.15, 0.2) is 188 Å². The number of anilines is 6. The number of nitrogens with zero attached hydrogens (tertiary/aromatic N) is 2. The van der Waals surface area contributed by atoms with Crippen LogP contribution in [0, 0.1) is 0 Å². The largest absolute Gasteiger partial charge is 0.310 e. The first-order valence-electron chi connectivity index (χ1n) is 21.5. The number of benzene rings is 9. The molecule has 0 radical (unpaired) electrons. The molecule has 11 rings (SSSR count). The van der Waals surface area contributed by atoms with Crippen LogP contribution in [0.1, 0.15) is 48.6 Å². The van der Waals surface area contributed by atoms with Gasteiger partial charge in [-0.15, -0.1) is 0 Å². The van der Waals surface area contributed by atoms with Crippen molar-refractivity contribution >= 4 is 55.7 Å². The third kappa shape index (κ3) is 6.09. The van der Waals surface area contributed by atoms with Crippen molar-refractivity contribution in [3.63, 3.8) is 0 Å². The van der Waals surface area contributed by atoms with Crippen molar-refractivity contribution in [1.82, 2.24) is 0 Å². The van der Waals surface area contributed by atoms with Crippen molar-refractivity contribution in [1.29, 1.82) is 0 Å². The van der Waals surface area contributed by atoms with Crippen LogP contribution in [0.5, 0.6) is 0 Å². The first-order chi connectivity index (χ1) is 29.4. The highest BCUT2D eigenvalue weighted by Crippen LogP contribution is 2.48. The van der Waals surface area contributed by atoms with Gasteiger partial charge >= 0.3 is 0 Å². The second-order valence-corrected chi connectivity index (χ2v) is 17.6. The van der Waals surface area contributed by atoms with E-state index in [1.165, 1.54) is 106 Å². The predicted octanol–water partition coefficient (Wildman–Crippen LogP) is 15.8. The van der Waals surface area contributed by atoms with Gasteiger partial charge in [0, 0.05) is 34.1 Å². The molecule has 0 unspecified atom stereocenters. The van der Waals surface area contributed by atoms with E-state index in [1.807, 2.05) is 0 Å². The van der Waals surface area contributed by atoms with Gasteiger partial charge in [-0.1, -0.05) is 154 Å². The van der Waals surface area contributed by atoms with E-state index in [0.717, 1.165) is 25.7 Å². The molecule has 0 bridgehead atoms. The smallest absolute Gasteiger partial charge is 0.0493 e. The summed E-state index contributed by atoms with van der Waals surface area (Å²) in [5, 5.41) is 5.09. The number of fused-ring (bicyclic) bond motifs is 6. The second-order valence-electron chi connectivity index (χ2n) is 17.6. The Hall–Kier alpha value is -6.90. The Morgan fingerprint density at radius 2 is 0.667 bits per heavy atom. The van der Waals surface area contributed by atoms with Crippen molar-refractivity contribution in [3.05, 3.63) is 216 Å². The van der Waals surface area contributed by atoms with E-state index in [9.17, 15) is 0 Å². The van der Waals surface area contributed by atoms with Gasteiger partial charge in [0.25, 0.3) is 0 Å². The average Bonchev–Trinajstić information content (AvgIpc) is 3.56. The first-order valence-corrected chi connectivity index (χ1v) is 21.5. The Kier molecular flexibility index (Phi) is 8.71. The summed E-state index contributed by atoms with van der Waals surface area (Å²) < 4.78 is 0. The molecule has 9 aromatic carbocycles. The van der Waals surface area contributed by atoms with Crippen LogP contribution in [0.3, 0.4) is 0 Å². The van der Waals surface area contributed by atoms with Crippen LogP contribution in [0.2, 0.25) is 0 Å². The molecule has 0 spiro atoms. The zero-order valence-corrected chi connectivity index (χ0v) is 34.6. The molecule has 2 aliphatic rings. The molecule has 0 saturated heterocycles. The van der Waals surface area contributed by atoms with Crippen LogP contribution < -0.4 is 9.80 Å². The maximum absolute atomic E-state index is 2.47. The zero-order valence-electron chi connectivity index (χ0n) is 34.6. The fourth-order valence-electron chi connectivity index (χ4n) is 9.94. The van der Waals surface area contributed by atoms with Crippen LogP contribution in [0.4, 0.5) is 34.1 Å². The van der Waals surface area contributed by atoms with E-state index in [2.05, 4.69) is 219 Å². The van der Waals surface area contributed by atoms with Crippen LogP contribution in [0.25, 0.3) is 43.8 Å². The molecule has 0 aliphatic carbocycles. The highest BCUT2D eigenvalue weighted by molar-refractivity contribution is 6.21. The van der Waals surface area contributed by atoms with Gasteiger partial charge in [-0.05, 0) is 157 Å². The molecule has 0 amide bonds. The minimum atomic E-state index is -0.00390. The molecule has 2 heterocycles. The second kappa shape index (κ2) is 14.4. The molecule has 2 heteroatoms. The Labute approximate surface area is 354 Å². The Bertz CT molecular complexity index is 2980. The quantitative estimate of drug-likeness (QED) is 0.164. The summed E-state index contributed by atoms with van der Waals surface area (Å²) in [5.41, 5.74) is 19.3. The normalized spacial score (nSPS) is 13.6. The first kappa shape index (κ1) is 36.2.